The lowest BCUT2D eigenvalue weighted by molar-refractivity contribution is 0.415. The van der Waals surface area contributed by atoms with Crippen LogP contribution in [-0.2, 0) is 0 Å². The summed E-state index contributed by atoms with van der Waals surface area (Å²) >= 11 is 6.10. The molecule has 1 atom stereocenters. The van der Waals surface area contributed by atoms with Crippen molar-refractivity contribution in [2.24, 2.45) is 0 Å². The van der Waals surface area contributed by atoms with Crippen LogP contribution in [0.25, 0.3) is 10.9 Å². The van der Waals surface area contributed by atoms with Crippen LogP contribution in [0.2, 0.25) is 5.02 Å². The van der Waals surface area contributed by atoms with Gasteiger partial charge in [0.15, 0.2) is 0 Å². The first kappa shape index (κ1) is 16.5. The second-order valence-electron chi connectivity index (χ2n) is 5.88. The largest absolute Gasteiger partial charge is 0.497 e. The first-order chi connectivity index (χ1) is 11.5. The Morgan fingerprint density at radius 1 is 1.12 bits per heavy atom. The fourth-order valence-electron chi connectivity index (χ4n) is 2.78. The topological polar surface area (TPSA) is 47.0 Å². The molecule has 4 nitrogen and oxygen atoms in total. The summed E-state index contributed by atoms with van der Waals surface area (Å²) in [5.41, 5.74) is 3.10. The first-order valence-electron chi connectivity index (χ1n) is 7.83. The lowest BCUT2D eigenvalue weighted by Gasteiger charge is -2.18. The van der Waals surface area contributed by atoms with E-state index in [1.165, 1.54) is 0 Å². The summed E-state index contributed by atoms with van der Waals surface area (Å²) in [6, 6.07) is 11.8. The molecule has 1 aromatic heterocycles. The van der Waals surface area contributed by atoms with E-state index in [1.807, 2.05) is 50.2 Å². The minimum Gasteiger partial charge on any atom is -0.497 e. The van der Waals surface area contributed by atoms with Crippen molar-refractivity contribution in [2.45, 2.75) is 26.8 Å². The molecule has 1 heterocycles. The molecule has 2 aromatic carbocycles. The van der Waals surface area contributed by atoms with Gasteiger partial charge in [0.25, 0.3) is 0 Å². The molecule has 3 aromatic rings. The number of aryl methyl sites for hydroxylation is 2. The van der Waals surface area contributed by atoms with Gasteiger partial charge < -0.3 is 10.1 Å². The molecule has 0 fully saturated rings. The Bertz CT molecular complexity index is 895. The second kappa shape index (κ2) is 6.65. The number of benzene rings is 2. The zero-order valence-corrected chi connectivity index (χ0v) is 15.0. The summed E-state index contributed by atoms with van der Waals surface area (Å²) in [5.74, 6) is 2.33. The summed E-state index contributed by atoms with van der Waals surface area (Å²) < 4.78 is 5.39. The fourth-order valence-corrected chi connectivity index (χ4v) is 2.98. The highest BCUT2D eigenvalue weighted by Gasteiger charge is 2.13. The number of hydrogen-bond donors (Lipinski definition) is 1. The van der Waals surface area contributed by atoms with E-state index in [1.54, 1.807) is 7.11 Å². The minimum absolute atomic E-state index is 0.0627. The van der Waals surface area contributed by atoms with Crippen molar-refractivity contribution in [3.05, 3.63) is 58.4 Å². The maximum Gasteiger partial charge on any atom is 0.138 e. The van der Waals surface area contributed by atoms with E-state index in [0.29, 0.717) is 0 Å². The third kappa shape index (κ3) is 3.29. The zero-order valence-electron chi connectivity index (χ0n) is 14.2. The average Bonchev–Trinajstić information content (AvgIpc) is 2.55. The smallest absolute Gasteiger partial charge is 0.138 e. The van der Waals surface area contributed by atoms with Gasteiger partial charge in [0.2, 0.25) is 0 Å². The van der Waals surface area contributed by atoms with Crippen LogP contribution >= 0.6 is 11.6 Å². The van der Waals surface area contributed by atoms with Crippen molar-refractivity contribution in [2.75, 3.05) is 12.4 Å². The number of halogens is 1. The minimum atomic E-state index is 0.0627. The van der Waals surface area contributed by atoms with Crippen LogP contribution in [-0.4, -0.2) is 17.1 Å². The van der Waals surface area contributed by atoms with Gasteiger partial charge in [-0.25, -0.2) is 9.97 Å². The van der Waals surface area contributed by atoms with Gasteiger partial charge in [-0.1, -0.05) is 23.7 Å². The van der Waals surface area contributed by atoms with Crippen LogP contribution in [0.5, 0.6) is 5.75 Å². The number of aromatic nitrogens is 2. The van der Waals surface area contributed by atoms with Gasteiger partial charge in [0.1, 0.15) is 17.4 Å². The van der Waals surface area contributed by atoms with Crippen molar-refractivity contribution < 1.29 is 4.74 Å². The Morgan fingerprint density at radius 2 is 1.92 bits per heavy atom. The third-order valence-corrected chi connectivity index (χ3v) is 4.25. The molecule has 5 heteroatoms. The molecule has 1 unspecified atom stereocenters. The lowest BCUT2D eigenvalue weighted by atomic mass is 10.1. The Morgan fingerprint density at radius 3 is 2.62 bits per heavy atom. The van der Waals surface area contributed by atoms with Gasteiger partial charge >= 0.3 is 0 Å². The predicted octanol–water partition coefficient (Wildman–Crippen LogP) is 5.08. The fraction of sp³-hybridized carbons (Fsp3) is 0.263. The molecule has 0 saturated carbocycles. The molecule has 124 valence electrons. The summed E-state index contributed by atoms with van der Waals surface area (Å²) in [4.78, 5) is 9.17. The molecule has 0 aliphatic heterocycles. The SMILES string of the molecule is COc1cc(C)c2nc(C)nc(NC(C)c3cccc(Cl)c3)c2c1. The molecular formula is C19H20ClN3O. The number of ether oxygens (including phenoxy) is 1. The number of hydrogen-bond acceptors (Lipinski definition) is 4. The van der Waals surface area contributed by atoms with E-state index in [-0.39, 0.29) is 6.04 Å². The molecule has 0 spiro atoms. The standard InChI is InChI=1S/C19H20ClN3O/c1-11-8-16(24-4)10-17-18(11)22-13(3)23-19(17)21-12(2)14-6-5-7-15(20)9-14/h5-10,12H,1-4H3,(H,21,22,23). The van der Waals surface area contributed by atoms with Crippen molar-refractivity contribution in [1.82, 2.24) is 9.97 Å². The number of nitrogens with one attached hydrogen (secondary N) is 1. The average molecular weight is 342 g/mol. The highest BCUT2D eigenvalue weighted by Crippen LogP contribution is 2.30. The van der Waals surface area contributed by atoms with Crippen LogP contribution in [0.15, 0.2) is 36.4 Å². The molecule has 0 aliphatic rings. The zero-order chi connectivity index (χ0) is 17.3. The van der Waals surface area contributed by atoms with E-state index < -0.39 is 0 Å². The summed E-state index contributed by atoms with van der Waals surface area (Å²) in [5, 5.41) is 5.16. The van der Waals surface area contributed by atoms with Crippen LogP contribution < -0.4 is 10.1 Å². The Hall–Kier alpha value is -2.33. The van der Waals surface area contributed by atoms with Gasteiger partial charge in [-0.3, -0.25) is 0 Å². The lowest BCUT2D eigenvalue weighted by Crippen LogP contribution is -2.10. The summed E-state index contributed by atoms with van der Waals surface area (Å²) in [6.45, 7) is 6.02. The van der Waals surface area contributed by atoms with Crippen LogP contribution in [0.4, 0.5) is 5.82 Å². The van der Waals surface area contributed by atoms with Gasteiger partial charge in [-0.2, -0.15) is 0 Å². The maximum atomic E-state index is 6.10. The molecule has 24 heavy (non-hydrogen) atoms. The molecule has 0 aliphatic carbocycles. The van der Waals surface area contributed by atoms with Crippen LogP contribution in [0.3, 0.4) is 0 Å². The van der Waals surface area contributed by atoms with Gasteiger partial charge in [-0.05, 0) is 56.2 Å². The number of nitrogens with zero attached hydrogens (tertiary/aromatic N) is 2. The maximum absolute atomic E-state index is 6.10. The predicted molar refractivity (Wildman–Crippen MR) is 99.1 cm³/mol. The van der Waals surface area contributed by atoms with Gasteiger partial charge in [0, 0.05) is 10.4 Å². The molecule has 1 N–H and O–H groups in total. The van der Waals surface area contributed by atoms with Gasteiger partial charge in [-0.15, -0.1) is 0 Å². The normalized spacial score (nSPS) is 12.2. The quantitative estimate of drug-likeness (QED) is 0.718. The summed E-state index contributed by atoms with van der Waals surface area (Å²) in [6.07, 6.45) is 0. The molecule has 0 saturated heterocycles. The van der Waals surface area contributed by atoms with Crippen LogP contribution in [0, 0.1) is 13.8 Å². The monoisotopic (exact) mass is 341 g/mol. The molecule has 0 radical (unpaired) electrons. The van der Waals surface area contributed by atoms with E-state index in [2.05, 4.69) is 22.2 Å². The summed E-state index contributed by atoms with van der Waals surface area (Å²) in [7, 11) is 1.66. The number of fused-ring (bicyclic) bond motifs is 1. The highest BCUT2D eigenvalue weighted by atomic mass is 35.5. The Labute approximate surface area is 146 Å². The molecule has 0 bridgehead atoms. The Kier molecular flexibility index (Phi) is 4.58. The van der Waals surface area contributed by atoms with E-state index in [0.717, 1.165) is 44.4 Å². The van der Waals surface area contributed by atoms with Crippen molar-refractivity contribution in [3.63, 3.8) is 0 Å². The van der Waals surface area contributed by atoms with E-state index in [9.17, 15) is 0 Å². The highest BCUT2D eigenvalue weighted by molar-refractivity contribution is 6.30. The molecule has 0 amide bonds. The third-order valence-electron chi connectivity index (χ3n) is 4.01. The number of anilines is 1. The molecular weight excluding hydrogens is 322 g/mol. The Balaban J connectivity index is 2.06. The van der Waals surface area contributed by atoms with Crippen molar-refractivity contribution in [3.8, 4) is 5.75 Å². The van der Waals surface area contributed by atoms with E-state index >= 15 is 0 Å². The molecule has 3 rings (SSSR count). The van der Waals surface area contributed by atoms with Gasteiger partial charge in [0.05, 0.1) is 18.7 Å². The number of rotatable bonds is 4. The van der Waals surface area contributed by atoms with E-state index in [4.69, 9.17) is 16.3 Å². The van der Waals surface area contributed by atoms with Crippen molar-refractivity contribution >= 4 is 28.3 Å². The van der Waals surface area contributed by atoms with Crippen molar-refractivity contribution in [1.29, 1.82) is 0 Å². The first-order valence-corrected chi connectivity index (χ1v) is 8.20. The second-order valence-corrected chi connectivity index (χ2v) is 6.32. The van der Waals surface area contributed by atoms with Crippen LogP contribution in [0.1, 0.15) is 29.9 Å². The number of methoxy groups -OCH3 is 1.